The number of hydrogen-bond acceptors (Lipinski definition) is 2. The van der Waals surface area contributed by atoms with Gasteiger partial charge in [-0.05, 0) is 34.5 Å². The molecule has 0 aliphatic heterocycles. The Morgan fingerprint density at radius 3 is 2.64 bits per heavy atom. The number of hydrogen-bond donors (Lipinski definition) is 2. The van der Waals surface area contributed by atoms with Crippen LogP contribution in [0, 0.1) is 0 Å². The number of benzene rings is 3. The highest BCUT2D eigenvalue weighted by Crippen LogP contribution is 2.23. The Labute approximate surface area is 133 Å². The van der Waals surface area contributed by atoms with E-state index >= 15 is 0 Å². The maximum Gasteiger partial charge on any atom is 0.337 e. The monoisotopic (exact) mass is 311 g/mol. The third kappa shape index (κ3) is 2.90. The van der Waals surface area contributed by atoms with Crippen molar-refractivity contribution in [2.24, 2.45) is 0 Å². The van der Waals surface area contributed by atoms with E-state index in [0.717, 1.165) is 16.3 Å². The van der Waals surface area contributed by atoms with Gasteiger partial charge in [0.25, 0.3) is 0 Å². The standard InChI is InChI=1S/C18H14ClNO2/c19-14-8-9-17(16(10-14)18(21)22)20-11-13-6-3-5-12-4-1-2-7-15(12)13/h1-10,20H,11H2,(H,21,22). The van der Waals surface area contributed by atoms with Crippen LogP contribution in [0.15, 0.2) is 60.7 Å². The predicted octanol–water partition coefficient (Wildman–Crippen LogP) is 4.80. The summed E-state index contributed by atoms with van der Waals surface area (Å²) >= 11 is 5.87. The van der Waals surface area contributed by atoms with Gasteiger partial charge in [0.1, 0.15) is 0 Å². The van der Waals surface area contributed by atoms with Crippen molar-refractivity contribution in [1.29, 1.82) is 0 Å². The van der Waals surface area contributed by atoms with Gasteiger partial charge in [0, 0.05) is 17.3 Å². The summed E-state index contributed by atoms with van der Waals surface area (Å²) in [7, 11) is 0. The highest BCUT2D eigenvalue weighted by Gasteiger charge is 2.11. The number of carboxylic acid groups (broad SMARTS) is 1. The molecule has 3 aromatic rings. The largest absolute Gasteiger partial charge is 0.478 e. The van der Waals surface area contributed by atoms with Crippen molar-refractivity contribution >= 4 is 34.0 Å². The molecule has 0 spiro atoms. The van der Waals surface area contributed by atoms with E-state index in [1.807, 2.05) is 24.3 Å². The lowest BCUT2D eigenvalue weighted by Gasteiger charge is -2.12. The fraction of sp³-hybridized carbons (Fsp3) is 0.0556. The number of halogens is 1. The fourth-order valence-corrected chi connectivity index (χ4v) is 2.66. The second-order valence-electron chi connectivity index (χ2n) is 4.99. The Kier molecular flexibility index (Phi) is 3.98. The third-order valence-electron chi connectivity index (χ3n) is 3.56. The van der Waals surface area contributed by atoms with Crippen molar-refractivity contribution in [3.63, 3.8) is 0 Å². The number of rotatable bonds is 4. The molecule has 0 radical (unpaired) electrons. The van der Waals surface area contributed by atoms with E-state index in [-0.39, 0.29) is 5.56 Å². The van der Waals surface area contributed by atoms with Crippen molar-refractivity contribution in [2.75, 3.05) is 5.32 Å². The number of carbonyl (C=O) groups is 1. The van der Waals surface area contributed by atoms with Gasteiger partial charge in [0.15, 0.2) is 0 Å². The molecule has 22 heavy (non-hydrogen) atoms. The molecule has 0 aliphatic carbocycles. The summed E-state index contributed by atoms with van der Waals surface area (Å²) in [6.45, 7) is 0.545. The van der Waals surface area contributed by atoms with Crippen LogP contribution in [0.2, 0.25) is 5.02 Å². The highest BCUT2D eigenvalue weighted by atomic mass is 35.5. The SMILES string of the molecule is O=C(O)c1cc(Cl)ccc1NCc1cccc2ccccc12. The van der Waals surface area contributed by atoms with Crippen LogP contribution in [0.3, 0.4) is 0 Å². The van der Waals surface area contributed by atoms with Crippen LogP contribution < -0.4 is 5.32 Å². The number of nitrogens with one attached hydrogen (secondary N) is 1. The summed E-state index contributed by atoms with van der Waals surface area (Å²) in [6, 6.07) is 19.0. The average Bonchev–Trinajstić information content (AvgIpc) is 2.53. The van der Waals surface area contributed by atoms with Crippen molar-refractivity contribution < 1.29 is 9.90 Å². The van der Waals surface area contributed by atoms with Gasteiger partial charge in [0.2, 0.25) is 0 Å². The molecule has 0 aromatic heterocycles. The van der Waals surface area contributed by atoms with Crippen LogP contribution in [0.25, 0.3) is 10.8 Å². The molecule has 110 valence electrons. The van der Waals surface area contributed by atoms with E-state index in [2.05, 4.69) is 23.5 Å². The Morgan fingerprint density at radius 1 is 1.05 bits per heavy atom. The summed E-state index contributed by atoms with van der Waals surface area (Å²) in [6.07, 6.45) is 0. The zero-order chi connectivity index (χ0) is 15.5. The first-order valence-corrected chi connectivity index (χ1v) is 7.26. The van der Waals surface area contributed by atoms with Gasteiger partial charge in [-0.1, -0.05) is 54.1 Å². The van der Waals surface area contributed by atoms with Crippen LogP contribution in [0.1, 0.15) is 15.9 Å². The molecular formula is C18H14ClNO2. The Bertz CT molecular complexity index is 840. The molecule has 0 amide bonds. The molecule has 0 heterocycles. The Hall–Kier alpha value is -2.52. The van der Waals surface area contributed by atoms with Crippen molar-refractivity contribution in [2.45, 2.75) is 6.54 Å². The molecule has 3 aromatic carbocycles. The van der Waals surface area contributed by atoms with Gasteiger partial charge >= 0.3 is 5.97 Å². The van der Waals surface area contributed by atoms with E-state index in [1.54, 1.807) is 12.1 Å². The van der Waals surface area contributed by atoms with Gasteiger partial charge in [-0.25, -0.2) is 4.79 Å². The number of anilines is 1. The molecule has 0 bridgehead atoms. The molecule has 2 N–H and O–H groups in total. The Morgan fingerprint density at radius 2 is 1.82 bits per heavy atom. The van der Waals surface area contributed by atoms with Crippen LogP contribution in [0.4, 0.5) is 5.69 Å². The molecule has 0 fully saturated rings. The van der Waals surface area contributed by atoms with E-state index in [0.29, 0.717) is 17.3 Å². The van der Waals surface area contributed by atoms with Crippen LogP contribution in [-0.2, 0) is 6.54 Å². The lowest BCUT2D eigenvalue weighted by Crippen LogP contribution is -2.06. The van der Waals surface area contributed by atoms with Gasteiger partial charge in [0.05, 0.1) is 5.56 Å². The average molecular weight is 312 g/mol. The summed E-state index contributed by atoms with van der Waals surface area (Å²) in [4.78, 5) is 11.3. The maximum atomic E-state index is 11.3. The molecule has 0 unspecified atom stereocenters. The van der Waals surface area contributed by atoms with Gasteiger partial charge < -0.3 is 10.4 Å². The Balaban J connectivity index is 1.90. The highest BCUT2D eigenvalue weighted by molar-refractivity contribution is 6.31. The minimum atomic E-state index is -0.997. The van der Waals surface area contributed by atoms with Crippen molar-refractivity contribution in [1.82, 2.24) is 0 Å². The first-order valence-electron chi connectivity index (χ1n) is 6.88. The van der Waals surface area contributed by atoms with Crippen LogP contribution in [-0.4, -0.2) is 11.1 Å². The number of carboxylic acids is 1. The van der Waals surface area contributed by atoms with Crippen LogP contribution in [0.5, 0.6) is 0 Å². The fourth-order valence-electron chi connectivity index (χ4n) is 2.48. The molecule has 0 saturated carbocycles. The van der Waals surface area contributed by atoms with Gasteiger partial charge in [-0.15, -0.1) is 0 Å². The first-order chi connectivity index (χ1) is 10.6. The van der Waals surface area contributed by atoms with Crippen molar-refractivity contribution in [3.8, 4) is 0 Å². The lowest BCUT2D eigenvalue weighted by molar-refractivity contribution is 0.0698. The quantitative estimate of drug-likeness (QED) is 0.727. The van der Waals surface area contributed by atoms with Gasteiger partial charge in [-0.3, -0.25) is 0 Å². The van der Waals surface area contributed by atoms with Crippen molar-refractivity contribution in [3.05, 3.63) is 76.8 Å². The molecule has 0 atom stereocenters. The van der Waals surface area contributed by atoms with Gasteiger partial charge in [-0.2, -0.15) is 0 Å². The lowest BCUT2D eigenvalue weighted by atomic mass is 10.0. The second-order valence-corrected chi connectivity index (χ2v) is 5.42. The number of fused-ring (bicyclic) bond motifs is 1. The summed E-state index contributed by atoms with van der Waals surface area (Å²) in [5.41, 5.74) is 1.85. The summed E-state index contributed by atoms with van der Waals surface area (Å²) in [5.74, 6) is -0.997. The molecule has 0 saturated heterocycles. The third-order valence-corrected chi connectivity index (χ3v) is 3.80. The second kappa shape index (κ2) is 6.08. The van der Waals surface area contributed by atoms with E-state index in [4.69, 9.17) is 11.6 Å². The zero-order valence-electron chi connectivity index (χ0n) is 11.7. The number of aromatic carboxylic acids is 1. The minimum Gasteiger partial charge on any atom is -0.478 e. The topological polar surface area (TPSA) is 49.3 Å². The maximum absolute atomic E-state index is 11.3. The zero-order valence-corrected chi connectivity index (χ0v) is 12.5. The predicted molar refractivity (Wildman–Crippen MR) is 89.7 cm³/mol. The normalized spacial score (nSPS) is 10.6. The molecule has 0 aliphatic rings. The molecule has 3 rings (SSSR count). The summed E-state index contributed by atoms with van der Waals surface area (Å²) in [5, 5.41) is 15.2. The van der Waals surface area contributed by atoms with E-state index in [1.165, 1.54) is 6.07 Å². The first kappa shape index (κ1) is 14.4. The van der Waals surface area contributed by atoms with E-state index in [9.17, 15) is 9.90 Å². The van der Waals surface area contributed by atoms with E-state index < -0.39 is 5.97 Å². The molecule has 4 heteroatoms. The molecule has 3 nitrogen and oxygen atoms in total. The molecular weight excluding hydrogens is 298 g/mol. The summed E-state index contributed by atoms with van der Waals surface area (Å²) < 4.78 is 0. The minimum absolute atomic E-state index is 0.174. The van der Waals surface area contributed by atoms with Crippen LogP contribution >= 0.6 is 11.6 Å². The smallest absolute Gasteiger partial charge is 0.337 e.